The summed E-state index contributed by atoms with van der Waals surface area (Å²) >= 11 is 0. The summed E-state index contributed by atoms with van der Waals surface area (Å²) in [4.78, 5) is 16.9. The van der Waals surface area contributed by atoms with Gasteiger partial charge in [-0.2, -0.15) is 5.10 Å². The first-order valence-electron chi connectivity index (χ1n) is 8.78. The number of nitrogens with one attached hydrogen (secondary N) is 1. The highest BCUT2D eigenvalue weighted by atomic mass is 16.2. The third kappa shape index (κ3) is 3.87. The number of hydrogen-bond acceptors (Lipinski definition) is 6. The Labute approximate surface area is 147 Å². The molecule has 1 fully saturated rings. The maximum absolute atomic E-state index is 12.6. The van der Waals surface area contributed by atoms with E-state index in [2.05, 4.69) is 25.7 Å². The van der Waals surface area contributed by atoms with Gasteiger partial charge in [-0.25, -0.2) is 9.67 Å². The van der Waals surface area contributed by atoms with Gasteiger partial charge in [-0.05, 0) is 31.6 Å². The van der Waals surface area contributed by atoms with Crippen LogP contribution in [0.15, 0.2) is 12.5 Å². The maximum atomic E-state index is 12.6. The summed E-state index contributed by atoms with van der Waals surface area (Å²) in [6.07, 6.45) is 7.12. The third-order valence-electron chi connectivity index (χ3n) is 4.84. The molecule has 1 atom stereocenters. The highest BCUT2D eigenvalue weighted by Gasteiger charge is 2.26. The van der Waals surface area contributed by atoms with Gasteiger partial charge in [0.05, 0.1) is 18.3 Å². The molecule has 0 aliphatic heterocycles. The van der Waals surface area contributed by atoms with Gasteiger partial charge in [-0.15, -0.1) is 5.10 Å². The van der Waals surface area contributed by atoms with E-state index >= 15 is 0 Å². The summed E-state index contributed by atoms with van der Waals surface area (Å²) in [6, 6.07) is 0.312. The van der Waals surface area contributed by atoms with Crippen LogP contribution in [0.1, 0.15) is 67.9 Å². The molecule has 0 aromatic carbocycles. The number of rotatable bonds is 5. The van der Waals surface area contributed by atoms with Gasteiger partial charge in [0.1, 0.15) is 12.2 Å². The predicted molar refractivity (Wildman–Crippen MR) is 91.6 cm³/mol. The molecule has 3 N–H and O–H groups in total. The summed E-state index contributed by atoms with van der Waals surface area (Å²) < 4.78 is 3.47. The number of amides is 1. The van der Waals surface area contributed by atoms with Crippen molar-refractivity contribution >= 4 is 5.91 Å². The van der Waals surface area contributed by atoms with Gasteiger partial charge >= 0.3 is 0 Å². The lowest BCUT2D eigenvalue weighted by atomic mass is 9.92. The van der Waals surface area contributed by atoms with E-state index in [9.17, 15) is 4.79 Å². The largest absolute Gasteiger partial charge is 0.340 e. The van der Waals surface area contributed by atoms with Crippen LogP contribution in [0.3, 0.4) is 0 Å². The van der Waals surface area contributed by atoms with E-state index in [1.165, 1.54) is 6.33 Å². The Morgan fingerprint density at radius 3 is 2.64 bits per heavy atom. The number of nitrogens with zero attached hydrogens (tertiary/aromatic N) is 6. The summed E-state index contributed by atoms with van der Waals surface area (Å²) in [5, 5.41) is 15.3. The van der Waals surface area contributed by atoms with Crippen LogP contribution in [0, 0.1) is 5.92 Å². The number of nitrogens with two attached hydrogens (primary N) is 1. The molecule has 0 radical (unpaired) electrons. The van der Waals surface area contributed by atoms with Crippen molar-refractivity contribution in [3.8, 4) is 0 Å². The van der Waals surface area contributed by atoms with Gasteiger partial charge in [0.25, 0.3) is 5.91 Å². The van der Waals surface area contributed by atoms with Gasteiger partial charge in [-0.1, -0.05) is 19.1 Å². The molecule has 2 aromatic rings. The monoisotopic (exact) mass is 346 g/mol. The van der Waals surface area contributed by atoms with Crippen LogP contribution in [0.25, 0.3) is 0 Å². The van der Waals surface area contributed by atoms with Gasteiger partial charge in [-0.3, -0.25) is 9.48 Å². The smallest absolute Gasteiger partial charge is 0.274 e. The van der Waals surface area contributed by atoms with Crippen LogP contribution in [-0.4, -0.2) is 41.7 Å². The molecule has 136 valence electrons. The van der Waals surface area contributed by atoms with Crippen molar-refractivity contribution in [1.82, 2.24) is 35.1 Å². The second kappa shape index (κ2) is 7.30. The molecule has 3 rings (SSSR count). The van der Waals surface area contributed by atoms with Crippen LogP contribution in [0.5, 0.6) is 0 Å². The lowest BCUT2D eigenvalue weighted by Gasteiger charge is -2.25. The van der Waals surface area contributed by atoms with Crippen molar-refractivity contribution < 1.29 is 4.79 Å². The Morgan fingerprint density at radius 2 is 2.04 bits per heavy atom. The normalized spacial score (nSPS) is 22.1. The highest BCUT2D eigenvalue weighted by Crippen LogP contribution is 2.27. The van der Waals surface area contributed by atoms with E-state index < -0.39 is 0 Å². The van der Waals surface area contributed by atoms with E-state index in [0.717, 1.165) is 31.5 Å². The topological polar surface area (TPSA) is 117 Å². The Hall–Kier alpha value is -2.29. The first-order chi connectivity index (χ1) is 12.0. The molecule has 9 nitrogen and oxygen atoms in total. The Balaban J connectivity index is 1.69. The van der Waals surface area contributed by atoms with Gasteiger partial charge in [0.15, 0.2) is 5.69 Å². The molecule has 1 aliphatic rings. The number of hydrogen-bond donors (Lipinski definition) is 2. The van der Waals surface area contributed by atoms with Crippen LogP contribution in [0.4, 0.5) is 0 Å². The van der Waals surface area contributed by atoms with E-state index in [0.29, 0.717) is 5.69 Å². The van der Waals surface area contributed by atoms with Crippen molar-refractivity contribution in [2.45, 2.75) is 57.7 Å². The molecule has 1 saturated carbocycles. The van der Waals surface area contributed by atoms with Crippen LogP contribution in [-0.2, 0) is 7.05 Å². The van der Waals surface area contributed by atoms with Crippen molar-refractivity contribution in [1.29, 1.82) is 0 Å². The Bertz CT molecular complexity index is 713. The van der Waals surface area contributed by atoms with Gasteiger partial charge in [0, 0.05) is 13.1 Å². The fraction of sp³-hybridized carbons (Fsp3) is 0.688. The predicted octanol–water partition coefficient (Wildman–Crippen LogP) is 0.976. The van der Waals surface area contributed by atoms with E-state index in [-0.39, 0.29) is 30.0 Å². The highest BCUT2D eigenvalue weighted by molar-refractivity contribution is 5.92. The molecular formula is C16H26N8O. The van der Waals surface area contributed by atoms with Crippen molar-refractivity contribution in [2.75, 3.05) is 0 Å². The molecule has 0 unspecified atom stereocenters. The number of carbonyl (C=O) groups is 1. The lowest BCUT2D eigenvalue weighted by Crippen LogP contribution is -2.33. The molecule has 2 heterocycles. The minimum absolute atomic E-state index is 0.168. The molecule has 2 aromatic heterocycles. The molecule has 0 bridgehead atoms. The number of carbonyl (C=O) groups excluding carboxylic acids is 1. The zero-order valence-electron chi connectivity index (χ0n) is 15.0. The zero-order valence-corrected chi connectivity index (χ0v) is 15.0. The summed E-state index contributed by atoms with van der Waals surface area (Å²) in [5.74, 6) is 0.638. The first kappa shape index (κ1) is 17.5. The van der Waals surface area contributed by atoms with Crippen LogP contribution in [0.2, 0.25) is 0 Å². The van der Waals surface area contributed by atoms with E-state index in [1.807, 2.05) is 20.9 Å². The molecular weight excluding hydrogens is 320 g/mol. The minimum atomic E-state index is -0.250. The molecule has 25 heavy (non-hydrogen) atoms. The quantitative estimate of drug-likeness (QED) is 0.833. The average Bonchev–Trinajstić information content (AvgIpc) is 3.22. The van der Waals surface area contributed by atoms with Crippen molar-refractivity contribution in [3.05, 3.63) is 24.0 Å². The maximum Gasteiger partial charge on any atom is 0.274 e. The van der Waals surface area contributed by atoms with Gasteiger partial charge < -0.3 is 11.1 Å². The van der Waals surface area contributed by atoms with Crippen molar-refractivity contribution in [3.63, 3.8) is 0 Å². The average molecular weight is 346 g/mol. The third-order valence-corrected chi connectivity index (χ3v) is 4.84. The van der Waals surface area contributed by atoms with E-state index in [1.54, 1.807) is 15.6 Å². The number of aromatic nitrogens is 6. The fourth-order valence-corrected chi connectivity index (χ4v) is 3.26. The lowest BCUT2D eigenvalue weighted by molar-refractivity contribution is 0.0917. The molecule has 0 spiro atoms. The summed E-state index contributed by atoms with van der Waals surface area (Å²) in [5.41, 5.74) is 6.27. The molecule has 1 amide bonds. The van der Waals surface area contributed by atoms with Crippen LogP contribution < -0.4 is 11.1 Å². The second-order valence-corrected chi connectivity index (χ2v) is 7.09. The minimum Gasteiger partial charge on any atom is -0.340 e. The summed E-state index contributed by atoms with van der Waals surface area (Å²) in [6.45, 7) is 4.06. The fourth-order valence-electron chi connectivity index (χ4n) is 3.26. The molecule has 1 aliphatic carbocycles. The zero-order chi connectivity index (χ0) is 18.0. The number of aryl methyl sites for hydroxylation is 1. The van der Waals surface area contributed by atoms with Crippen LogP contribution >= 0.6 is 0 Å². The second-order valence-electron chi connectivity index (χ2n) is 7.09. The van der Waals surface area contributed by atoms with E-state index in [4.69, 9.17) is 5.73 Å². The standard InChI is InChI=1S/C16H26N8O/c1-10(2)14(15-18-9-19-23(15)3)20-16(25)13-8-24(22-21-13)12-6-4-11(17)5-7-12/h8-12,14H,4-7,17H2,1-3H3,(H,20,25)/t11?,12?,14-/m0/s1. The SMILES string of the molecule is CC(C)[C@H](NC(=O)c1cn(C2CCC(N)CC2)nn1)c1ncnn1C. The Kier molecular flexibility index (Phi) is 5.12. The first-order valence-corrected chi connectivity index (χ1v) is 8.78. The molecule has 0 saturated heterocycles. The van der Waals surface area contributed by atoms with Gasteiger partial charge in [0.2, 0.25) is 0 Å². The van der Waals surface area contributed by atoms with Crippen molar-refractivity contribution in [2.24, 2.45) is 18.7 Å². The molecule has 9 heteroatoms. The Morgan fingerprint density at radius 1 is 1.32 bits per heavy atom. The summed E-state index contributed by atoms with van der Waals surface area (Å²) in [7, 11) is 1.81.